The van der Waals surface area contributed by atoms with Gasteiger partial charge in [0.15, 0.2) is 5.16 Å². The number of hydrogen-bond acceptors (Lipinski definition) is 4. The lowest BCUT2D eigenvalue weighted by Gasteiger charge is -2.30. The van der Waals surface area contributed by atoms with Crippen LogP contribution >= 0.6 is 11.8 Å². The number of nitrogens with zero attached hydrogens (tertiary/aromatic N) is 3. The van der Waals surface area contributed by atoms with Crippen molar-refractivity contribution in [2.75, 3.05) is 18.8 Å². The summed E-state index contributed by atoms with van der Waals surface area (Å²) < 4.78 is 2.23. The van der Waals surface area contributed by atoms with Crippen molar-refractivity contribution in [2.24, 2.45) is 17.6 Å². The Morgan fingerprint density at radius 2 is 1.96 bits per heavy atom. The van der Waals surface area contributed by atoms with Crippen molar-refractivity contribution < 1.29 is 9.59 Å². The smallest absolute Gasteiger partial charge is 0.233 e. The molecule has 27 heavy (non-hydrogen) atoms. The highest BCUT2D eigenvalue weighted by atomic mass is 32.2. The number of hydrogen-bond donors (Lipinski definition) is 1. The fraction of sp³-hybridized carbons (Fsp3) is 0.550. The Kier molecular flexibility index (Phi) is 6.42. The maximum absolute atomic E-state index is 12.6. The summed E-state index contributed by atoms with van der Waals surface area (Å²) in [6.45, 7) is 6.54. The molecular formula is C20H28N4O2S. The van der Waals surface area contributed by atoms with Crippen LogP contribution in [0.2, 0.25) is 0 Å². The molecule has 0 spiro atoms. The molecule has 1 aliphatic heterocycles. The number of nitrogens with two attached hydrogens (primary N) is 1. The van der Waals surface area contributed by atoms with Crippen LogP contribution in [-0.4, -0.2) is 45.1 Å². The Bertz CT molecular complexity index is 809. The number of benzene rings is 1. The van der Waals surface area contributed by atoms with Crippen LogP contribution in [-0.2, 0) is 16.1 Å². The van der Waals surface area contributed by atoms with Crippen LogP contribution in [0.5, 0.6) is 0 Å². The average molecular weight is 389 g/mol. The predicted octanol–water partition coefficient (Wildman–Crippen LogP) is 2.90. The minimum Gasteiger partial charge on any atom is -0.369 e. The molecule has 0 bridgehead atoms. The largest absolute Gasteiger partial charge is 0.369 e. The first kappa shape index (κ1) is 19.7. The number of likely N-dealkylation sites (tertiary alicyclic amines) is 1. The van der Waals surface area contributed by atoms with Crippen LogP contribution < -0.4 is 5.73 Å². The lowest BCUT2D eigenvalue weighted by Crippen LogP contribution is -2.42. The molecule has 1 aliphatic rings. The van der Waals surface area contributed by atoms with Crippen molar-refractivity contribution in [3.63, 3.8) is 0 Å². The van der Waals surface area contributed by atoms with E-state index < -0.39 is 0 Å². The Morgan fingerprint density at radius 3 is 2.63 bits per heavy atom. The number of aryl methyl sites for hydroxylation is 1. The zero-order valence-corrected chi connectivity index (χ0v) is 16.9. The number of piperidine rings is 1. The Labute approximate surface area is 164 Å². The van der Waals surface area contributed by atoms with Crippen LogP contribution in [0.4, 0.5) is 0 Å². The fourth-order valence-electron chi connectivity index (χ4n) is 3.40. The second kappa shape index (κ2) is 8.78. The van der Waals surface area contributed by atoms with E-state index in [2.05, 4.69) is 24.5 Å². The van der Waals surface area contributed by atoms with Gasteiger partial charge in [0.1, 0.15) is 0 Å². The highest BCUT2D eigenvalue weighted by Crippen LogP contribution is 2.26. The normalized spacial score (nSPS) is 15.6. The number of thioether (sulfide) groups is 1. The van der Waals surface area contributed by atoms with Gasteiger partial charge >= 0.3 is 0 Å². The van der Waals surface area contributed by atoms with E-state index in [0.717, 1.165) is 29.2 Å². The minimum absolute atomic E-state index is 0.0954. The van der Waals surface area contributed by atoms with E-state index in [1.165, 1.54) is 11.8 Å². The third-order valence-corrected chi connectivity index (χ3v) is 6.09. The number of primary amides is 1. The standard InChI is InChI=1S/C20H28N4O2S/c1-14(2)7-12-24-17-6-4-3-5-16(17)22-20(24)27-13-18(25)23-10-8-15(9-11-23)19(21)26/h3-6,14-15H,7-13H2,1-2H3,(H2,21,26). The summed E-state index contributed by atoms with van der Waals surface area (Å²) >= 11 is 1.50. The van der Waals surface area contributed by atoms with E-state index in [-0.39, 0.29) is 17.7 Å². The summed E-state index contributed by atoms with van der Waals surface area (Å²) in [5, 5.41) is 0.900. The summed E-state index contributed by atoms with van der Waals surface area (Å²) in [6.07, 6.45) is 2.40. The van der Waals surface area contributed by atoms with Gasteiger partial charge < -0.3 is 15.2 Å². The summed E-state index contributed by atoms with van der Waals surface area (Å²) in [7, 11) is 0. The molecule has 0 saturated carbocycles. The van der Waals surface area contributed by atoms with Crippen LogP contribution in [0.1, 0.15) is 33.1 Å². The molecular weight excluding hydrogens is 360 g/mol. The van der Waals surface area contributed by atoms with E-state index in [4.69, 9.17) is 10.7 Å². The molecule has 1 fully saturated rings. The Hall–Kier alpha value is -2.02. The Balaban J connectivity index is 1.65. The molecule has 3 rings (SSSR count). The first-order valence-corrected chi connectivity index (χ1v) is 10.6. The van der Waals surface area contributed by atoms with Crippen molar-refractivity contribution in [1.29, 1.82) is 0 Å². The van der Waals surface area contributed by atoms with Gasteiger partial charge in [-0.3, -0.25) is 9.59 Å². The van der Waals surface area contributed by atoms with Crippen LogP contribution in [0, 0.1) is 11.8 Å². The second-order valence-electron chi connectivity index (χ2n) is 7.56. The Morgan fingerprint density at radius 1 is 1.26 bits per heavy atom. The molecule has 0 aliphatic carbocycles. The maximum Gasteiger partial charge on any atom is 0.233 e. The van der Waals surface area contributed by atoms with Gasteiger partial charge in [-0.2, -0.15) is 0 Å². The lowest BCUT2D eigenvalue weighted by molar-refractivity contribution is -0.132. The monoisotopic (exact) mass is 388 g/mol. The van der Waals surface area contributed by atoms with Gasteiger partial charge in [0, 0.05) is 25.6 Å². The molecule has 0 radical (unpaired) electrons. The molecule has 2 amide bonds. The van der Waals surface area contributed by atoms with Crippen molar-refractivity contribution in [3.8, 4) is 0 Å². The summed E-state index contributed by atoms with van der Waals surface area (Å²) in [5.74, 6) is 0.728. The average Bonchev–Trinajstić information content (AvgIpc) is 3.02. The van der Waals surface area contributed by atoms with Gasteiger partial charge in [-0.25, -0.2) is 4.98 Å². The van der Waals surface area contributed by atoms with Gasteiger partial charge in [0.25, 0.3) is 0 Å². The number of para-hydroxylation sites is 2. The van der Waals surface area contributed by atoms with Gasteiger partial charge in [0.2, 0.25) is 11.8 Å². The fourth-order valence-corrected chi connectivity index (χ4v) is 4.34. The molecule has 0 atom stereocenters. The zero-order chi connectivity index (χ0) is 19.4. The van der Waals surface area contributed by atoms with Crippen LogP contribution in [0.25, 0.3) is 11.0 Å². The first-order valence-electron chi connectivity index (χ1n) is 9.61. The zero-order valence-electron chi connectivity index (χ0n) is 16.1. The SMILES string of the molecule is CC(C)CCn1c(SCC(=O)N2CCC(C(N)=O)CC2)nc2ccccc21. The number of rotatable bonds is 7. The molecule has 1 aromatic heterocycles. The molecule has 7 heteroatoms. The number of amides is 2. The van der Waals surface area contributed by atoms with E-state index in [9.17, 15) is 9.59 Å². The van der Waals surface area contributed by atoms with Crippen molar-refractivity contribution >= 4 is 34.6 Å². The number of carbonyl (C=O) groups excluding carboxylic acids is 2. The first-order chi connectivity index (χ1) is 13.0. The molecule has 2 heterocycles. The number of fused-ring (bicyclic) bond motifs is 1. The molecule has 6 nitrogen and oxygen atoms in total. The molecule has 146 valence electrons. The van der Waals surface area contributed by atoms with Gasteiger partial charge in [-0.1, -0.05) is 37.7 Å². The summed E-state index contributed by atoms with van der Waals surface area (Å²) in [6, 6.07) is 8.12. The van der Waals surface area contributed by atoms with Gasteiger partial charge in [-0.15, -0.1) is 0 Å². The maximum atomic E-state index is 12.6. The van der Waals surface area contributed by atoms with Crippen LogP contribution in [0.3, 0.4) is 0 Å². The minimum atomic E-state index is -0.254. The summed E-state index contributed by atoms with van der Waals surface area (Å²) in [4.78, 5) is 30.4. The van der Waals surface area contributed by atoms with Gasteiger partial charge in [0.05, 0.1) is 16.8 Å². The third-order valence-electron chi connectivity index (χ3n) is 5.12. The molecule has 1 aromatic carbocycles. The third kappa shape index (κ3) is 4.83. The quantitative estimate of drug-likeness (QED) is 0.740. The van der Waals surface area contributed by atoms with Crippen molar-refractivity contribution in [1.82, 2.24) is 14.5 Å². The number of carbonyl (C=O) groups is 2. The summed E-state index contributed by atoms with van der Waals surface area (Å²) in [5.41, 5.74) is 7.46. The second-order valence-corrected chi connectivity index (χ2v) is 8.51. The number of aromatic nitrogens is 2. The van der Waals surface area contributed by atoms with Crippen molar-refractivity contribution in [3.05, 3.63) is 24.3 Å². The van der Waals surface area contributed by atoms with E-state index in [0.29, 0.717) is 37.6 Å². The van der Waals surface area contributed by atoms with Crippen LogP contribution in [0.15, 0.2) is 29.4 Å². The van der Waals surface area contributed by atoms with E-state index >= 15 is 0 Å². The van der Waals surface area contributed by atoms with E-state index in [1.54, 1.807) is 0 Å². The molecule has 0 unspecified atom stereocenters. The van der Waals surface area contributed by atoms with Crippen molar-refractivity contribution in [2.45, 2.75) is 44.8 Å². The molecule has 1 saturated heterocycles. The predicted molar refractivity (Wildman–Crippen MR) is 108 cm³/mol. The lowest BCUT2D eigenvalue weighted by atomic mass is 9.96. The number of imidazole rings is 1. The molecule has 2 aromatic rings. The van der Waals surface area contributed by atoms with Gasteiger partial charge in [-0.05, 0) is 37.3 Å². The topological polar surface area (TPSA) is 81.2 Å². The van der Waals surface area contributed by atoms with E-state index in [1.807, 2.05) is 23.1 Å². The highest BCUT2D eigenvalue weighted by Gasteiger charge is 2.26. The highest BCUT2D eigenvalue weighted by molar-refractivity contribution is 7.99. The molecule has 2 N–H and O–H groups in total.